The Hall–Kier alpha value is -2.41. The molecule has 0 unspecified atom stereocenters. The molecule has 1 aromatic heterocycles. The molecule has 0 N–H and O–H groups in total. The number of piperazine rings is 1. The number of nitrogens with zero attached hydrogens (tertiary/aromatic N) is 3. The van der Waals surface area contributed by atoms with E-state index in [0.29, 0.717) is 13.1 Å². The molecule has 0 bridgehead atoms. The van der Waals surface area contributed by atoms with Gasteiger partial charge in [0.05, 0.1) is 9.80 Å². The van der Waals surface area contributed by atoms with Crippen LogP contribution >= 0.6 is 11.3 Å². The fourth-order valence-electron chi connectivity index (χ4n) is 3.54. The highest BCUT2D eigenvalue weighted by molar-refractivity contribution is 7.14. The molecule has 25 heavy (non-hydrogen) atoms. The quantitative estimate of drug-likeness (QED) is 0.625. The van der Waals surface area contributed by atoms with Gasteiger partial charge in [0.1, 0.15) is 0 Å². The third-order valence-corrected chi connectivity index (χ3v) is 6.18. The molecule has 2 aromatic rings. The maximum Gasteiger partial charge on any atom is 0.269 e. The summed E-state index contributed by atoms with van der Waals surface area (Å²) >= 11 is 1.66. The van der Waals surface area contributed by atoms with Crippen molar-refractivity contribution in [1.29, 1.82) is 0 Å². The maximum absolute atomic E-state index is 12.7. The van der Waals surface area contributed by atoms with E-state index in [4.69, 9.17) is 0 Å². The van der Waals surface area contributed by atoms with E-state index in [1.54, 1.807) is 23.5 Å². The molecule has 6 nitrogen and oxygen atoms in total. The van der Waals surface area contributed by atoms with Crippen LogP contribution < -0.4 is 4.90 Å². The van der Waals surface area contributed by atoms with Crippen molar-refractivity contribution in [2.45, 2.75) is 19.3 Å². The van der Waals surface area contributed by atoms with Gasteiger partial charge in [-0.25, -0.2) is 0 Å². The van der Waals surface area contributed by atoms with Crippen LogP contribution in [0.1, 0.15) is 26.5 Å². The second-order valence-electron chi connectivity index (χ2n) is 6.47. The molecule has 2 heterocycles. The Morgan fingerprint density at radius 1 is 1.08 bits per heavy atom. The van der Waals surface area contributed by atoms with Crippen molar-refractivity contribution in [1.82, 2.24) is 4.90 Å². The molecule has 7 heteroatoms. The summed E-state index contributed by atoms with van der Waals surface area (Å²) < 4.78 is 0. The Morgan fingerprint density at radius 2 is 1.80 bits per heavy atom. The SMILES string of the molecule is O=C(c1cc2c(s1)CCC2)N1CCN(c2ccc([N+](=O)[O-])cc2)CC1. The van der Waals surface area contributed by atoms with Gasteiger partial charge in [-0.1, -0.05) is 0 Å². The Bertz CT molecular complexity index is 786. The summed E-state index contributed by atoms with van der Waals surface area (Å²) in [7, 11) is 0. The zero-order valence-corrected chi connectivity index (χ0v) is 14.6. The highest BCUT2D eigenvalue weighted by atomic mass is 32.1. The number of carbonyl (C=O) groups is 1. The fourth-order valence-corrected chi connectivity index (χ4v) is 4.76. The molecule has 1 aromatic carbocycles. The standard InChI is InChI=1S/C18H19N3O3S/c22-18(17-12-13-2-1-3-16(13)25-17)20-10-8-19(9-11-20)14-4-6-15(7-5-14)21(23)24/h4-7,12H,1-3,8-11H2. The van der Waals surface area contributed by atoms with Crippen LogP contribution in [0.5, 0.6) is 0 Å². The van der Waals surface area contributed by atoms with Gasteiger partial charge < -0.3 is 9.80 Å². The summed E-state index contributed by atoms with van der Waals surface area (Å²) in [6.07, 6.45) is 3.43. The van der Waals surface area contributed by atoms with Gasteiger partial charge in [0.15, 0.2) is 0 Å². The second kappa shape index (κ2) is 6.48. The first-order valence-electron chi connectivity index (χ1n) is 8.52. The minimum atomic E-state index is -0.390. The smallest absolute Gasteiger partial charge is 0.269 e. The molecular formula is C18H19N3O3S. The molecule has 1 amide bonds. The predicted molar refractivity (Wildman–Crippen MR) is 97.6 cm³/mol. The van der Waals surface area contributed by atoms with Crippen molar-refractivity contribution in [3.05, 3.63) is 55.8 Å². The van der Waals surface area contributed by atoms with E-state index in [2.05, 4.69) is 11.0 Å². The highest BCUT2D eigenvalue weighted by Crippen LogP contribution is 2.31. The molecule has 0 saturated carbocycles. The Kier molecular flexibility index (Phi) is 4.17. The summed E-state index contributed by atoms with van der Waals surface area (Å²) in [5.74, 6) is 0.141. The van der Waals surface area contributed by atoms with Crippen molar-refractivity contribution < 1.29 is 9.72 Å². The summed E-state index contributed by atoms with van der Waals surface area (Å²) in [6, 6.07) is 8.69. The number of rotatable bonds is 3. The van der Waals surface area contributed by atoms with Gasteiger partial charge in [-0.3, -0.25) is 14.9 Å². The number of nitro groups is 1. The first-order chi connectivity index (χ1) is 12.1. The number of non-ortho nitro benzene ring substituents is 1. The monoisotopic (exact) mass is 357 g/mol. The number of anilines is 1. The zero-order chi connectivity index (χ0) is 17.4. The first-order valence-corrected chi connectivity index (χ1v) is 9.34. The number of amides is 1. The molecule has 130 valence electrons. The molecule has 1 aliphatic carbocycles. The maximum atomic E-state index is 12.7. The Balaban J connectivity index is 1.39. The lowest BCUT2D eigenvalue weighted by atomic mass is 10.2. The van der Waals surface area contributed by atoms with E-state index in [0.717, 1.165) is 36.5 Å². The van der Waals surface area contributed by atoms with Crippen molar-refractivity contribution in [2.24, 2.45) is 0 Å². The van der Waals surface area contributed by atoms with Gasteiger partial charge in [0.2, 0.25) is 0 Å². The van der Waals surface area contributed by atoms with E-state index in [-0.39, 0.29) is 11.6 Å². The number of hydrogen-bond acceptors (Lipinski definition) is 5. The van der Waals surface area contributed by atoms with Crippen molar-refractivity contribution in [3.63, 3.8) is 0 Å². The normalized spacial score (nSPS) is 16.8. The van der Waals surface area contributed by atoms with Gasteiger partial charge in [-0.05, 0) is 43.0 Å². The highest BCUT2D eigenvalue weighted by Gasteiger charge is 2.25. The van der Waals surface area contributed by atoms with Gasteiger partial charge in [-0.15, -0.1) is 11.3 Å². The molecule has 0 radical (unpaired) electrons. The van der Waals surface area contributed by atoms with E-state index >= 15 is 0 Å². The van der Waals surface area contributed by atoms with Crippen LogP contribution in [0.15, 0.2) is 30.3 Å². The van der Waals surface area contributed by atoms with Crippen LogP contribution in [0.2, 0.25) is 0 Å². The average molecular weight is 357 g/mol. The number of benzene rings is 1. The van der Waals surface area contributed by atoms with Gasteiger partial charge in [0.25, 0.3) is 11.6 Å². The Labute approximate surface area is 149 Å². The molecular weight excluding hydrogens is 338 g/mol. The lowest BCUT2D eigenvalue weighted by Crippen LogP contribution is -2.48. The Morgan fingerprint density at radius 3 is 2.44 bits per heavy atom. The molecule has 0 spiro atoms. The molecule has 1 fully saturated rings. The summed E-state index contributed by atoms with van der Waals surface area (Å²) in [4.78, 5) is 29.4. The van der Waals surface area contributed by atoms with Crippen LogP contribution in [0, 0.1) is 10.1 Å². The predicted octanol–water partition coefficient (Wildman–Crippen LogP) is 3.11. The van der Waals surface area contributed by atoms with Crippen LogP contribution in [0.3, 0.4) is 0 Å². The molecule has 4 rings (SSSR count). The first kappa shape index (κ1) is 16.1. The van der Waals surface area contributed by atoms with Crippen molar-refractivity contribution in [2.75, 3.05) is 31.1 Å². The topological polar surface area (TPSA) is 66.7 Å². The summed E-state index contributed by atoms with van der Waals surface area (Å²) in [5, 5.41) is 10.7. The van der Waals surface area contributed by atoms with Crippen LogP contribution in [-0.4, -0.2) is 41.9 Å². The van der Waals surface area contributed by atoms with Gasteiger partial charge >= 0.3 is 0 Å². The number of aryl methyl sites for hydroxylation is 2. The third kappa shape index (κ3) is 3.11. The van der Waals surface area contributed by atoms with E-state index in [1.165, 1.54) is 29.0 Å². The number of hydrogen-bond donors (Lipinski definition) is 0. The molecule has 1 saturated heterocycles. The number of carbonyl (C=O) groups excluding carboxylic acids is 1. The van der Waals surface area contributed by atoms with Crippen LogP contribution in [0.25, 0.3) is 0 Å². The summed E-state index contributed by atoms with van der Waals surface area (Å²) in [5.41, 5.74) is 2.42. The largest absolute Gasteiger partial charge is 0.368 e. The van der Waals surface area contributed by atoms with E-state index in [1.807, 2.05) is 4.90 Å². The van der Waals surface area contributed by atoms with Crippen LogP contribution in [0.4, 0.5) is 11.4 Å². The minimum absolute atomic E-state index is 0.100. The van der Waals surface area contributed by atoms with Gasteiger partial charge in [0, 0.05) is 48.9 Å². The molecule has 2 aliphatic rings. The summed E-state index contributed by atoms with van der Waals surface area (Å²) in [6.45, 7) is 2.85. The number of fused-ring (bicyclic) bond motifs is 1. The zero-order valence-electron chi connectivity index (χ0n) is 13.8. The molecule has 1 aliphatic heterocycles. The average Bonchev–Trinajstić information content (AvgIpc) is 3.23. The van der Waals surface area contributed by atoms with Crippen molar-refractivity contribution >= 4 is 28.6 Å². The number of nitro benzene ring substituents is 1. The number of thiophene rings is 1. The lowest BCUT2D eigenvalue weighted by molar-refractivity contribution is -0.384. The van der Waals surface area contributed by atoms with E-state index < -0.39 is 4.92 Å². The fraction of sp³-hybridized carbons (Fsp3) is 0.389. The van der Waals surface area contributed by atoms with Crippen molar-refractivity contribution in [3.8, 4) is 0 Å². The minimum Gasteiger partial charge on any atom is -0.368 e. The van der Waals surface area contributed by atoms with E-state index in [9.17, 15) is 14.9 Å². The molecule has 0 atom stereocenters. The second-order valence-corrected chi connectivity index (χ2v) is 7.60. The van der Waals surface area contributed by atoms with Crippen LogP contribution in [-0.2, 0) is 12.8 Å². The third-order valence-electron chi connectivity index (χ3n) is 4.95. The van der Waals surface area contributed by atoms with Gasteiger partial charge in [-0.2, -0.15) is 0 Å². The lowest BCUT2D eigenvalue weighted by Gasteiger charge is -2.35.